The first-order valence-electron chi connectivity index (χ1n) is 17.7. The molecule has 0 atom stereocenters. The SMILES string of the molecule is CCn1c(O)c(N=Nc2cc(Nc3nc(Nc4ccc(S(=O)(=O)CCOS(=O)(=O)O)cc4)nc(Nc4cccc(S(=O)(=O)CCOS(=O)(=O)O)c4)n3)ccc2S(=O)(=O)O)c(C)cc1=O. The molecular weight excluding hydrogens is 955 g/mol. The van der Waals surface area contributed by atoms with Crippen molar-refractivity contribution in [2.45, 2.75) is 35.1 Å². The Morgan fingerprint density at radius 1 is 0.641 bits per heavy atom. The Bertz CT molecular complexity index is 3240. The molecule has 64 heavy (non-hydrogen) atoms. The van der Waals surface area contributed by atoms with Gasteiger partial charge in [0, 0.05) is 29.7 Å². The number of sulfone groups is 2. The van der Waals surface area contributed by atoms with Crippen molar-refractivity contribution in [3.8, 4) is 5.88 Å². The Kier molecular flexibility index (Phi) is 14.8. The minimum atomic E-state index is -4.93. The zero-order valence-electron chi connectivity index (χ0n) is 32.8. The highest BCUT2D eigenvalue weighted by Crippen LogP contribution is 2.34. The van der Waals surface area contributed by atoms with Gasteiger partial charge in [0.25, 0.3) is 15.7 Å². The first-order valence-corrected chi connectivity index (χ1v) is 25.1. The second-order valence-electron chi connectivity index (χ2n) is 12.8. The molecule has 2 heterocycles. The monoisotopic (exact) mass is 989 g/mol. The van der Waals surface area contributed by atoms with Crippen LogP contribution in [0.2, 0.25) is 0 Å². The highest BCUT2D eigenvalue weighted by Gasteiger charge is 2.21. The minimum Gasteiger partial charge on any atom is -0.493 e. The molecule has 0 fully saturated rings. The molecule has 3 aromatic carbocycles. The summed E-state index contributed by atoms with van der Waals surface area (Å²) in [5.74, 6) is -2.99. The van der Waals surface area contributed by atoms with Gasteiger partial charge in [-0.1, -0.05) is 6.07 Å². The third-order valence-electron chi connectivity index (χ3n) is 8.24. The first-order chi connectivity index (χ1) is 29.7. The van der Waals surface area contributed by atoms with Crippen molar-refractivity contribution in [3.05, 3.63) is 88.7 Å². The van der Waals surface area contributed by atoms with E-state index in [2.05, 4.69) is 49.5 Å². The number of pyridine rings is 1. The Labute approximate surface area is 364 Å². The predicted molar refractivity (Wildman–Crippen MR) is 225 cm³/mol. The molecule has 5 rings (SSSR count). The largest absolute Gasteiger partial charge is 0.493 e. The summed E-state index contributed by atoms with van der Waals surface area (Å²) in [6.07, 6.45) is 0. The number of nitrogens with zero attached hydrogens (tertiary/aromatic N) is 6. The summed E-state index contributed by atoms with van der Waals surface area (Å²) < 4.78 is 156. The van der Waals surface area contributed by atoms with E-state index in [9.17, 15) is 56.5 Å². The van der Waals surface area contributed by atoms with Crippen LogP contribution in [0.4, 0.5) is 46.3 Å². The maximum Gasteiger partial charge on any atom is 0.397 e. The fourth-order valence-electron chi connectivity index (χ4n) is 5.34. The fraction of sp³-hybridized carbons (Fsp3) is 0.212. The van der Waals surface area contributed by atoms with Crippen LogP contribution in [-0.2, 0) is 65.5 Å². The second-order valence-corrected chi connectivity index (χ2v) is 20.6. The Balaban J connectivity index is 1.51. The Hall–Kier alpha value is -6.03. The van der Waals surface area contributed by atoms with Gasteiger partial charge in [-0.3, -0.25) is 23.0 Å². The zero-order chi connectivity index (χ0) is 47.3. The first kappa shape index (κ1) is 49.0. The van der Waals surface area contributed by atoms with Gasteiger partial charge >= 0.3 is 20.8 Å². The van der Waals surface area contributed by atoms with Gasteiger partial charge in [-0.2, -0.15) is 40.2 Å². The summed E-state index contributed by atoms with van der Waals surface area (Å²) in [6.45, 7) is 1.35. The third kappa shape index (κ3) is 13.5. The van der Waals surface area contributed by atoms with Gasteiger partial charge in [-0.15, -0.1) is 10.2 Å². The summed E-state index contributed by atoms with van der Waals surface area (Å²) in [7, 11) is -23.0. The number of hydrogen-bond donors (Lipinski definition) is 7. The molecule has 2 aromatic heterocycles. The molecule has 0 spiro atoms. The maximum absolute atomic E-state index is 12.9. The number of nitrogens with one attached hydrogen (secondary N) is 3. The van der Waals surface area contributed by atoms with Gasteiger partial charge in [-0.25, -0.2) is 25.2 Å². The van der Waals surface area contributed by atoms with Gasteiger partial charge in [0.15, 0.2) is 19.7 Å². The summed E-state index contributed by atoms with van der Waals surface area (Å²) >= 11 is 0. The average molecular weight is 990 g/mol. The number of benzene rings is 3. The lowest BCUT2D eigenvalue weighted by Crippen LogP contribution is -2.18. The standard InChI is InChI=1S/C33H35N9O17S5/c1-3-42-28(43)17-20(2)29(30(42)44)41-40-26-19-23(9-12-27(26)62(49,50)51)36-33-38-31(34-21-7-10-24(11-8-21)60(45,46)15-13-58-63(52,53)54)37-32(39-33)35-22-5-4-6-25(18-22)61(47,48)16-14-59-64(55,56)57/h4-12,17-19,44H,3,13-16H2,1-2H3,(H,49,50,51)(H,52,53,54)(H,55,56,57)(H3,34,35,36,37,38,39). The maximum atomic E-state index is 12.9. The normalized spacial score (nSPS) is 12.6. The van der Waals surface area contributed by atoms with Gasteiger partial charge in [0.2, 0.25) is 23.7 Å². The van der Waals surface area contributed by atoms with Crippen molar-refractivity contribution < 1.29 is 69.2 Å². The fourth-order valence-corrected chi connectivity index (χ4v) is 8.97. The quantitative estimate of drug-likeness (QED) is 0.0435. The van der Waals surface area contributed by atoms with Gasteiger partial charge in [0.05, 0.1) is 34.5 Å². The Morgan fingerprint density at radius 3 is 1.66 bits per heavy atom. The number of azo groups is 1. The highest BCUT2D eigenvalue weighted by atomic mass is 32.3. The van der Waals surface area contributed by atoms with Crippen LogP contribution in [0.5, 0.6) is 5.88 Å². The lowest BCUT2D eigenvalue weighted by atomic mass is 10.2. The molecule has 0 bridgehead atoms. The molecule has 0 saturated carbocycles. The van der Waals surface area contributed by atoms with Crippen molar-refractivity contribution in [1.29, 1.82) is 0 Å². The molecule has 0 saturated heterocycles. The molecule has 0 aliphatic heterocycles. The predicted octanol–water partition coefficient (Wildman–Crippen LogP) is 3.15. The lowest BCUT2D eigenvalue weighted by molar-refractivity contribution is 0.282. The van der Waals surface area contributed by atoms with Crippen LogP contribution in [0.15, 0.2) is 103 Å². The third-order valence-corrected chi connectivity index (χ3v) is 13.4. The van der Waals surface area contributed by atoms with E-state index in [1.807, 2.05) is 0 Å². The number of aromatic nitrogens is 4. The Morgan fingerprint density at radius 2 is 1.14 bits per heavy atom. The molecule has 0 amide bonds. The molecule has 0 radical (unpaired) electrons. The van der Waals surface area contributed by atoms with Crippen molar-refractivity contribution >= 4 is 96.9 Å². The van der Waals surface area contributed by atoms with Crippen LogP contribution < -0.4 is 21.5 Å². The van der Waals surface area contributed by atoms with Crippen LogP contribution in [0.3, 0.4) is 0 Å². The van der Waals surface area contributed by atoms with E-state index in [0.717, 1.165) is 34.9 Å². The topological polar surface area (TPSA) is 392 Å². The highest BCUT2D eigenvalue weighted by molar-refractivity contribution is 7.91. The summed E-state index contributed by atoms with van der Waals surface area (Å²) in [6, 6.07) is 14.4. The molecule has 344 valence electrons. The van der Waals surface area contributed by atoms with E-state index >= 15 is 0 Å². The molecular formula is C33H35N9O17S5. The molecule has 5 aromatic rings. The van der Waals surface area contributed by atoms with Crippen LogP contribution in [-0.4, -0.2) is 105 Å². The minimum absolute atomic E-state index is 0.0247. The summed E-state index contributed by atoms with van der Waals surface area (Å²) in [5, 5.41) is 27.0. The van der Waals surface area contributed by atoms with Crippen molar-refractivity contribution in [1.82, 2.24) is 19.5 Å². The molecule has 0 aliphatic rings. The van der Waals surface area contributed by atoms with Gasteiger partial charge in [-0.05, 0) is 80.1 Å². The molecule has 26 nitrogen and oxygen atoms in total. The number of hydrogen-bond acceptors (Lipinski definition) is 22. The van der Waals surface area contributed by atoms with Gasteiger partial charge in [0.1, 0.15) is 16.3 Å². The van der Waals surface area contributed by atoms with Crippen LogP contribution in [0, 0.1) is 6.92 Å². The van der Waals surface area contributed by atoms with Crippen molar-refractivity contribution in [3.63, 3.8) is 0 Å². The van der Waals surface area contributed by atoms with E-state index in [4.69, 9.17) is 9.11 Å². The molecule has 7 N–H and O–H groups in total. The summed E-state index contributed by atoms with van der Waals surface area (Å²) in [4.78, 5) is 23.9. The van der Waals surface area contributed by atoms with E-state index in [0.29, 0.717) is 0 Å². The van der Waals surface area contributed by atoms with Crippen molar-refractivity contribution in [2.24, 2.45) is 10.2 Å². The van der Waals surface area contributed by atoms with Gasteiger partial charge < -0.3 is 21.1 Å². The molecule has 0 unspecified atom stereocenters. The molecule has 31 heteroatoms. The zero-order valence-corrected chi connectivity index (χ0v) is 36.9. The van der Waals surface area contributed by atoms with E-state index in [1.165, 1.54) is 49.4 Å². The second kappa shape index (κ2) is 19.4. The summed E-state index contributed by atoms with van der Waals surface area (Å²) in [5.41, 5.74) is -0.688. The van der Waals surface area contributed by atoms with Crippen LogP contribution >= 0.6 is 0 Å². The average Bonchev–Trinajstić information content (AvgIpc) is 3.16. The molecule has 0 aliphatic carbocycles. The van der Waals surface area contributed by atoms with E-state index < -0.39 is 97.3 Å². The smallest absolute Gasteiger partial charge is 0.397 e. The number of aromatic hydroxyl groups is 1. The van der Waals surface area contributed by atoms with Crippen LogP contribution in [0.1, 0.15) is 12.5 Å². The van der Waals surface area contributed by atoms with Crippen molar-refractivity contribution in [2.75, 3.05) is 40.7 Å². The van der Waals surface area contributed by atoms with Crippen LogP contribution in [0.25, 0.3) is 0 Å². The number of anilines is 6. The lowest BCUT2D eigenvalue weighted by Gasteiger charge is -2.13. The van der Waals surface area contributed by atoms with E-state index in [1.54, 1.807) is 6.92 Å². The number of aryl methyl sites for hydroxylation is 1. The van der Waals surface area contributed by atoms with E-state index in [-0.39, 0.29) is 62.5 Å². The number of rotatable bonds is 20.